The lowest BCUT2D eigenvalue weighted by Gasteiger charge is -2.26. The SMILES string of the molecule is CCOC(=O)c1noc2ncn([C@H](CC)C(=O)N(CC)c3ccccc3)c(=O)c12. The van der Waals surface area contributed by atoms with Gasteiger partial charge in [-0.3, -0.25) is 14.2 Å². The predicted octanol–water partition coefficient (Wildman–Crippen LogP) is 2.57. The van der Waals surface area contributed by atoms with Crippen molar-refractivity contribution in [1.82, 2.24) is 14.7 Å². The number of hydrogen-bond acceptors (Lipinski definition) is 7. The van der Waals surface area contributed by atoms with Crippen LogP contribution in [0.5, 0.6) is 0 Å². The number of aromatic nitrogens is 3. The van der Waals surface area contributed by atoms with Gasteiger partial charge in [0.05, 0.1) is 6.61 Å². The van der Waals surface area contributed by atoms with Crippen LogP contribution in [0.3, 0.4) is 0 Å². The van der Waals surface area contributed by atoms with Crippen LogP contribution in [0.15, 0.2) is 46.0 Å². The molecule has 3 aromatic rings. The molecule has 1 aromatic carbocycles. The van der Waals surface area contributed by atoms with Crippen molar-refractivity contribution >= 4 is 28.7 Å². The van der Waals surface area contributed by atoms with Crippen molar-refractivity contribution in [2.75, 3.05) is 18.1 Å². The summed E-state index contributed by atoms with van der Waals surface area (Å²) in [5.74, 6) is -1.03. The zero-order valence-electron chi connectivity index (χ0n) is 16.5. The Balaban J connectivity index is 2.06. The minimum atomic E-state index is -0.801. The zero-order valence-corrected chi connectivity index (χ0v) is 16.5. The Morgan fingerprint density at radius 2 is 1.93 bits per heavy atom. The third kappa shape index (κ3) is 3.75. The van der Waals surface area contributed by atoms with Crippen molar-refractivity contribution in [2.24, 2.45) is 0 Å². The van der Waals surface area contributed by atoms with Crippen LogP contribution in [0.1, 0.15) is 43.7 Å². The Morgan fingerprint density at radius 3 is 2.55 bits per heavy atom. The van der Waals surface area contributed by atoms with Gasteiger partial charge < -0.3 is 14.2 Å². The molecular formula is C20H22N4O5. The Labute approximate surface area is 166 Å². The third-order valence-corrected chi connectivity index (χ3v) is 4.55. The molecule has 0 fully saturated rings. The maximum absolute atomic E-state index is 13.3. The molecule has 0 bridgehead atoms. The number of fused-ring (bicyclic) bond motifs is 1. The first-order chi connectivity index (χ1) is 14.0. The number of carbonyl (C=O) groups is 2. The first kappa shape index (κ1) is 20.2. The Bertz CT molecular complexity index is 1070. The molecule has 2 aromatic heterocycles. The van der Waals surface area contributed by atoms with Gasteiger partial charge in [-0.25, -0.2) is 9.78 Å². The fourth-order valence-electron chi connectivity index (χ4n) is 3.16. The van der Waals surface area contributed by atoms with Gasteiger partial charge >= 0.3 is 5.97 Å². The zero-order chi connectivity index (χ0) is 21.0. The number of para-hydroxylation sites is 1. The average molecular weight is 398 g/mol. The van der Waals surface area contributed by atoms with Crippen LogP contribution in [0.2, 0.25) is 0 Å². The molecule has 0 aliphatic heterocycles. The Morgan fingerprint density at radius 1 is 1.21 bits per heavy atom. The maximum Gasteiger partial charge on any atom is 0.361 e. The van der Waals surface area contributed by atoms with E-state index in [1.54, 1.807) is 18.7 Å². The molecule has 29 heavy (non-hydrogen) atoms. The number of likely N-dealkylation sites (N-methyl/N-ethyl adjacent to an activating group) is 1. The van der Waals surface area contributed by atoms with E-state index in [0.29, 0.717) is 13.0 Å². The number of amides is 1. The quantitative estimate of drug-likeness (QED) is 0.563. The topological polar surface area (TPSA) is 108 Å². The van der Waals surface area contributed by atoms with E-state index in [1.807, 2.05) is 37.3 Å². The summed E-state index contributed by atoms with van der Waals surface area (Å²) < 4.78 is 11.1. The van der Waals surface area contributed by atoms with Gasteiger partial charge in [-0.1, -0.05) is 30.3 Å². The summed E-state index contributed by atoms with van der Waals surface area (Å²) in [7, 11) is 0. The van der Waals surface area contributed by atoms with E-state index in [0.717, 1.165) is 5.69 Å². The molecule has 0 radical (unpaired) electrons. The number of hydrogen-bond donors (Lipinski definition) is 0. The molecule has 0 N–H and O–H groups in total. The van der Waals surface area contributed by atoms with E-state index in [4.69, 9.17) is 9.26 Å². The van der Waals surface area contributed by atoms with Crippen molar-refractivity contribution in [1.29, 1.82) is 0 Å². The van der Waals surface area contributed by atoms with E-state index < -0.39 is 17.6 Å². The molecule has 1 atom stereocenters. The lowest BCUT2D eigenvalue weighted by molar-refractivity contribution is -0.121. The first-order valence-corrected chi connectivity index (χ1v) is 9.43. The molecule has 0 aliphatic rings. The van der Waals surface area contributed by atoms with E-state index >= 15 is 0 Å². The molecule has 0 aliphatic carbocycles. The molecule has 0 saturated heterocycles. The van der Waals surface area contributed by atoms with Gasteiger partial charge in [0.15, 0.2) is 0 Å². The van der Waals surface area contributed by atoms with Gasteiger partial charge in [-0.2, -0.15) is 0 Å². The summed E-state index contributed by atoms with van der Waals surface area (Å²) in [6.07, 6.45) is 1.60. The second kappa shape index (κ2) is 8.68. The monoisotopic (exact) mass is 398 g/mol. The van der Waals surface area contributed by atoms with Gasteiger partial charge in [0.1, 0.15) is 17.8 Å². The Kier molecular flexibility index (Phi) is 6.06. The minimum absolute atomic E-state index is 0.0768. The number of ether oxygens (including phenoxy) is 1. The third-order valence-electron chi connectivity index (χ3n) is 4.55. The van der Waals surface area contributed by atoms with Crippen LogP contribution in [-0.4, -0.2) is 39.7 Å². The van der Waals surface area contributed by atoms with E-state index in [-0.39, 0.29) is 29.3 Å². The number of nitrogens with zero attached hydrogens (tertiary/aromatic N) is 4. The number of esters is 1. The summed E-state index contributed by atoms with van der Waals surface area (Å²) in [4.78, 5) is 44.1. The standard InChI is InChI=1S/C20H22N4O5/c1-4-14(18(25)23(5-2)13-10-8-7-9-11-13)24-12-21-17-15(19(24)26)16(22-29-17)20(27)28-6-3/h7-12,14H,4-6H2,1-3H3/t14-/m1/s1. The van der Waals surface area contributed by atoms with Crippen molar-refractivity contribution in [2.45, 2.75) is 33.2 Å². The second-order valence-corrected chi connectivity index (χ2v) is 6.23. The number of benzene rings is 1. The van der Waals surface area contributed by atoms with Crippen molar-refractivity contribution in [3.05, 3.63) is 52.7 Å². The van der Waals surface area contributed by atoms with Gasteiger partial charge in [-0.15, -0.1) is 0 Å². The van der Waals surface area contributed by atoms with Gasteiger partial charge in [-0.05, 0) is 32.4 Å². The van der Waals surface area contributed by atoms with E-state index in [2.05, 4.69) is 10.1 Å². The summed E-state index contributed by atoms with van der Waals surface area (Å²) in [6, 6.07) is 8.41. The normalized spacial score (nSPS) is 12.0. The van der Waals surface area contributed by atoms with Gasteiger partial charge in [0.25, 0.3) is 11.3 Å². The van der Waals surface area contributed by atoms with Crippen LogP contribution in [-0.2, 0) is 9.53 Å². The fourth-order valence-corrected chi connectivity index (χ4v) is 3.16. The van der Waals surface area contributed by atoms with Crippen LogP contribution >= 0.6 is 0 Å². The van der Waals surface area contributed by atoms with Crippen LogP contribution in [0.25, 0.3) is 11.1 Å². The molecule has 0 unspecified atom stereocenters. The lowest BCUT2D eigenvalue weighted by Crippen LogP contribution is -2.40. The molecule has 1 amide bonds. The van der Waals surface area contributed by atoms with Crippen LogP contribution < -0.4 is 10.5 Å². The highest BCUT2D eigenvalue weighted by atomic mass is 16.5. The number of rotatable bonds is 7. The number of anilines is 1. The molecule has 3 rings (SSSR count). The predicted molar refractivity (Wildman–Crippen MR) is 106 cm³/mol. The molecular weight excluding hydrogens is 376 g/mol. The van der Waals surface area contributed by atoms with Crippen LogP contribution in [0.4, 0.5) is 5.69 Å². The summed E-state index contributed by atoms with van der Waals surface area (Å²) in [5, 5.41) is 3.53. The maximum atomic E-state index is 13.3. The summed E-state index contributed by atoms with van der Waals surface area (Å²) >= 11 is 0. The lowest BCUT2D eigenvalue weighted by atomic mass is 10.1. The highest BCUT2D eigenvalue weighted by Gasteiger charge is 2.29. The fraction of sp³-hybridized carbons (Fsp3) is 0.350. The van der Waals surface area contributed by atoms with Crippen LogP contribution in [0, 0.1) is 0 Å². The molecule has 9 heteroatoms. The average Bonchev–Trinajstić information content (AvgIpc) is 3.17. The Hall–Kier alpha value is -3.49. The van der Waals surface area contributed by atoms with Crippen molar-refractivity contribution in [3.63, 3.8) is 0 Å². The van der Waals surface area contributed by atoms with E-state index in [1.165, 1.54) is 10.9 Å². The molecule has 0 saturated carbocycles. The molecule has 2 heterocycles. The molecule has 0 spiro atoms. The summed E-state index contributed by atoms with van der Waals surface area (Å²) in [6.45, 7) is 5.87. The highest BCUT2D eigenvalue weighted by Crippen LogP contribution is 2.21. The number of carbonyl (C=O) groups excluding carboxylic acids is 2. The van der Waals surface area contributed by atoms with E-state index in [9.17, 15) is 14.4 Å². The minimum Gasteiger partial charge on any atom is -0.461 e. The van der Waals surface area contributed by atoms with Crippen molar-refractivity contribution < 1.29 is 18.8 Å². The molecule has 9 nitrogen and oxygen atoms in total. The van der Waals surface area contributed by atoms with Crippen molar-refractivity contribution in [3.8, 4) is 0 Å². The van der Waals surface area contributed by atoms with Gasteiger partial charge in [0, 0.05) is 12.2 Å². The highest BCUT2D eigenvalue weighted by molar-refractivity contribution is 6.00. The van der Waals surface area contributed by atoms with Gasteiger partial charge in [0.2, 0.25) is 11.6 Å². The first-order valence-electron chi connectivity index (χ1n) is 9.43. The summed E-state index contributed by atoms with van der Waals surface area (Å²) in [5.41, 5.74) is -0.167. The largest absolute Gasteiger partial charge is 0.461 e. The molecule has 152 valence electrons. The second-order valence-electron chi connectivity index (χ2n) is 6.23. The smallest absolute Gasteiger partial charge is 0.361 e.